The normalized spacial score (nSPS) is 13.2. The van der Waals surface area contributed by atoms with Crippen LogP contribution in [0.3, 0.4) is 0 Å². The third kappa shape index (κ3) is 3.39. The number of nitrogens with zero attached hydrogens (tertiary/aromatic N) is 3. The Labute approximate surface area is 164 Å². The molecule has 0 bridgehead atoms. The van der Waals surface area contributed by atoms with Crippen LogP contribution in [0.4, 0.5) is 0 Å². The highest BCUT2D eigenvalue weighted by molar-refractivity contribution is 5.94. The Morgan fingerprint density at radius 3 is 2.46 bits per heavy atom. The van der Waals surface area contributed by atoms with E-state index in [-0.39, 0.29) is 18.0 Å². The fourth-order valence-electron chi connectivity index (χ4n) is 3.50. The second kappa shape index (κ2) is 7.64. The van der Waals surface area contributed by atoms with Gasteiger partial charge in [0.25, 0.3) is 5.91 Å². The van der Waals surface area contributed by atoms with Crippen molar-refractivity contribution in [3.8, 4) is 0 Å². The Balaban J connectivity index is 1.73. The lowest BCUT2D eigenvalue weighted by atomic mass is 10.1. The second-order valence-electron chi connectivity index (χ2n) is 6.85. The smallest absolute Gasteiger partial charge is 0.253 e. The zero-order chi connectivity index (χ0) is 19.5. The first kappa shape index (κ1) is 17.9. The van der Waals surface area contributed by atoms with E-state index >= 15 is 0 Å². The highest BCUT2D eigenvalue weighted by atomic mass is 16.1. The summed E-state index contributed by atoms with van der Waals surface area (Å²) in [5.74, 6) is 0.668. The number of pyridine rings is 1. The van der Waals surface area contributed by atoms with Gasteiger partial charge in [-0.05, 0) is 43.7 Å². The first-order valence-electron chi connectivity index (χ1n) is 9.38. The molecule has 0 saturated carbocycles. The zero-order valence-corrected chi connectivity index (χ0v) is 15.9. The van der Waals surface area contributed by atoms with Gasteiger partial charge in [-0.3, -0.25) is 9.78 Å². The summed E-state index contributed by atoms with van der Waals surface area (Å²) in [6.07, 6.45) is 3.22. The van der Waals surface area contributed by atoms with E-state index in [0.717, 1.165) is 16.9 Å². The van der Waals surface area contributed by atoms with Crippen molar-refractivity contribution >= 4 is 16.9 Å². The van der Waals surface area contributed by atoms with Crippen molar-refractivity contribution in [1.29, 1.82) is 0 Å². The predicted octanol–water partition coefficient (Wildman–Crippen LogP) is 4.53. The number of nitrogens with one attached hydrogen (secondary N) is 1. The van der Waals surface area contributed by atoms with Gasteiger partial charge in [0.2, 0.25) is 0 Å². The molecule has 140 valence electrons. The summed E-state index contributed by atoms with van der Waals surface area (Å²) in [7, 11) is 0. The molecule has 2 aromatic heterocycles. The number of benzene rings is 2. The quantitative estimate of drug-likeness (QED) is 0.561. The molecule has 4 rings (SSSR count). The van der Waals surface area contributed by atoms with Crippen LogP contribution < -0.4 is 5.32 Å². The fourth-order valence-corrected chi connectivity index (χ4v) is 3.50. The van der Waals surface area contributed by atoms with Crippen LogP contribution >= 0.6 is 0 Å². The molecule has 1 N–H and O–H groups in total. The minimum atomic E-state index is -0.258. The molecule has 0 radical (unpaired) electrons. The number of imidazole rings is 1. The average Bonchev–Trinajstić information content (AvgIpc) is 3.14. The average molecular weight is 370 g/mol. The van der Waals surface area contributed by atoms with Crippen molar-refractivity contribution in [3.05, 3.63) is 96.1 Å². The molecule has 0 fully saturated rings. The molecule has 1 amide bonds. The number of carbonyl (C=O) groups excluding carboxylic acids is 1. The van der Waals surface area contributed by atoms with Gasteiger partial charge in [0.1, 0.15) is 5.82 Å². The highest BCUT2D eigenvalue weighted by Crippen LogP contribution is 2.28. The topological polar surface area (TPSA) is 59.8 Å². The number of carbonyl (C=O) groups is 1. The summed E-state index contributed by atoms with van der Waals surface area (Å²) in [4.78, 5) is 21.5. The number of hydrogen-bond acceptors (Lipinski definition) is 3. The molecule has 0 aliphatic rings. The Kier molecular flexibility index (Phi) is 4.89. The fraction of sp³-hybridized carbons (Fsp3) is 0.174. The van der Waals surface area contributed by atoms with Gasteiger partial charge in [-0.15, -0.1) is 0 Å². The molecule has 4 aromatic rings. The van der Waals surface area contributed by atoms with Crippen molar-refractivity contribution in [2.24, 2.45) is 0 Å². The van der Waals surface area contributed by atoms with Crippen LogP contribution in [0.1, 0.15) is 47.7 Å². The van der Waals surface area contributed by atoms with Gasteiger partial charge in [-0.1, -0.05) is 42.5 Å². The van der Waals surface area contributed by atoms with E-state index in [4.69, 9.17) is 4.98 Å². The van der Waals surface area contributed by atoms with Gasteiger partial charge in [0.05, 0.1) is 28.7 Å². The maximum absolute atomic E-state index is 12.6. The zero-order valence-electron chi connectivity index (χ0n) is 15.9. The molecular weight excluding hydrogens is 348 g/mol. The number of amides is 1. The molecule has 0 saturated heterocycles. The monoisotopic (exact) mass is 370 g/mol. The van der Waals surface area contributed by atoms with Crippen LogP contribution in [0.5, 0.6) is 0 Å². The third-order valence-corrected chi connectivity index (χ3v) is 4.95. The molecule has 28 heavy (non-hydrogen) atoms. The lowest BCUT2D eigenvalue weighted by Crippen LogP contribution is -2.29. The molecule has 2 aromatic carbocycles. The van der Waals surface area contributed by atoms with E-state index in [9.17, 15) is 4.79 Å². The van der Waals surface area contributed by atoms with Crippen LogP contribution in [0.2, 0.25) is 0 Å². The van der Waals surface area contributed by atoms with Gasteiger partial charge in [0.15, 0.2) is 0 Å². The lowest BCUT2D eigenvalue weighted by Gasteiger charge is -2.22. The molecule has 0 spiro atoms. The van der Waals surface area contributed by atoms with Crippen molar-refractivity contribution in [2.45, 2.75) is 25.9 Å². The SMILES string of the molecule is CC(NC(=O)c1cccnc1)c1nc2ccccc2n1C(C)c1ccccc1. The van der Waals surface area contributed by atoms with Gasteiger partial charge in [-0.2, -0.15) is 0 Å². The molecule has 0 aliphatic heterocycles. The van der Waals surface area contributed by atoms with Crippen LogP contribution in [0.25, 0.3) is 11.0 Å². The number of para-hydroxylation sites is 2. The molecule has 2 heterocycles. The van der Waals surface area contributed by atoms with Crippen LogP contribution in [-0.4, -0.2) is 20.4 Å². The minimum Gasteiger partial charge on any atom is -0.342 e. The third-order valence-electron chi connectivity index (χ3n) is 4.95. The first-order valence-corrected chi connectivity index (χ1v) is 9.38. The molecule has 2 atom stereocenters. The Morgan fingerprint density at radius 2 is 1.71 bits per heavy atom. The Bertz CT molecular complexity index is 1090. The minimum absolute atomic E-state index is 0.0846. The van der Waals surface area contributed by atoms with Crippen molar-refractivity contribution in [3.63, 3.8) is 0 Å². The molecule has 2 unspecified atom stereocenters. The van der Waals surface area contributed by atoms with Gasteiger partial charge in [-0.25, -0.2) is 4.98 Å². The number of aromatic nitrogens is 3. The second-order valence-corrected chi connectivity index (χ2v) is 6.85. The standard InChI is InChI=1S/C23H22N4O/c1-16(25-23(28)19-11-8-14-24-15-19)22-26-20-12-6-7-13-21(20)27(22)17(2)18-9-4-3-5-10-18/h3-17H,1-2H3,(H,25,28). The largest absolute Gasteiger partial charge is 0.342 e. The maximum Gasteiger partial charge on any atom is 0.253 e. The first-order chi connectivity index (χ1) is 13.6. The molecule has 5 heteroatoms. The van der Waals surface area contributed by atoms with E-state index < -0.39 is 0 Å². The number of hydrogen-bond donors (Lipinski definition) is 1. The summed E-state index contributed by atoms with van der Waals surface area (Å²) in [5, 5.41) is 3.06. The van der Waals surface area contributed by atoms with E-state index in [1.807, 2.05) is 43.3 Å². The maximum atomic E-state index is 12.6. The number of rotatable bonds is 5. The highest BCUT2D eigenvalue weighted by Gasteiger charge is 2.22. The van der Waals surface area contributed by atoms with Crippen LogP contribution in [0, 0.1) is 0 Å². The van der Waals surface area contributed by atoms with Crippen LogP contribution in [-0.2, 0) is 0 Å². The van der Waals surface area contributed by atoms with Gasteiger partial charge >= 0.3 is 0 Å². The van der Waals surface area contributed by atoms with E-state index in [2.05, 4.69) is 40.0 Å². The van der Waals surface area contributed by atoms with Crippen molar-refractivity contribution in [1.82, 2.24) is 19.9 Å². The number of fused-ring (bicyclic) bond motifs is 1. The van der Waals surface area contributed by atoms with E-state index in [1.165, 1.54) is 5.56 Å². The summed E-state index contributed by atoms with van der Waals surface area (Å²) < 4.78 is 2.21. The molecule has 0 aliphatic carbocycles. The van der Waals surface area contributed by atoms with Gasteiger partial charge in [0, 0.05) is 12.4 Å². The van der Waals surface area contributed by atoms with E-state index in [0.29, 0.717) is 5.56 Å². The Hall–Kier alpha value is -3.47. The van der Waals surface area contributed by atoms with Crippen LogP contribution in [0.15, 0.2) is 79.1 Å². The van der Waals surface area contributed by atoms with Gasteiger partial charge < -0.3 is 9.88 Å². The van der Waals surface area contributed by atoms with E-state index in [1.54, 1.807) is 24.5 Å². The summed E-state index contributed by atoms with van der Waals surface area (Å²) >= 11 is 0. The Morgan fingerprint density at radius 1 is 0.964 bits per heavy atom. The molecule has 5 nitrogen and oxygen atoms in total. The summed E-state index contributed by atoms with van der Waals surface area (Å²) in [6.45, 7) is 4.12. The summed E-state index contributed by atoms with van der Waals surface area (Å²) in [5.41, 5.74) is 3.70. The summed E-state index contributed by atoms with van der Waals surface area (Å²) in [6, 6.07) is 21.7. The molecular formula is C23H22N4O. The lowest BCUT2D eigenvalue weighted by molar-refractivity contribution is 0.0937. The predicted molar refractivity (Wildman–Crippen MR) is 110 cm³/mol. The van der Waals surface area contributed by atoms with Crippen molar-refractivity contribution in [2.75, 3.05) is 0 Å². The van der Waals surface area contributed by atoms with Crippen molar-refractivity contribution < 1.29 is 4.79 Å².